The summed E-state index contributed by atoms with van der Waals surface area (Å²) in [6, 6.07) is 8.14. The zero-order chi connectivity index (χ0) is 13.9. The van der Waals surface area contributed by atoms with E-state index in [1.54, 1.807) is 17.6 Å². The molecule has 3 nitrogen and oxygen atoms in total. The molecule has 5 heteroatoms. The lowest BCUT2D eigenvalue weighted by atomic mass is 10.1. The molecule has 0 spiro atoms. The van der Waals surface area contributed by atoms with E-state index in [0.29, 0.717) is 11.1 Å². The number of aryl methyl sites for hydroxylation is 1. The van der Waals surface area contributed by atoms with E-state index in [-0.39, 0.29) is 0 Å². The second-order valence-corrected chi connectivity index (χ2v) is 6.08. The summed E-state index contributed by atoms with van der Waals surface area (Å²) in [4.78, 5) is 4.40. The number of hydrogen-bond donors (Lipinski definition) is 1. The van der Waals surface area contributed by atoms with Gasteiger partial charge in [-0.3, -0.25) is 0 Å². The van der Waals surface area contributed by atoms with E-state index in [4.69, 9.17) is 16.0 Å². The van der Waals surface area contributed by atoms with Crippen LogP contribution in [-0.2, 0) is 6.42 Å². The van der Waals surface area contributed by atoms with Crippen LogP contribution in [0.25, 0.3) is 10.2 Å². The van der Waals surface area contributed by atoms with Crippen LogP contribution >= 0.6 is 22.9 Å². The fourth-order valence-corrected chi connectivity index (χ4v) is 3.07. The highest BCUT2D eigenvalue weighted by molar-refractivity contribution is 7.16. The summed E-state index contributed by atoms with van der Waals surface area (Å²) in [6.07, 6.45) is 3.59. The van der Waals surface area contributed by atoms with Gasteiger partial charge >= 0.3 is 0 Å². The summed E-state index contributed by atoms with van der Waals surface area (Å²) >= 11 is 7.91. The lowest BCUT2D eigenvalue weighted by Gasteiger charge is -2.16. The Bertz CT molecular complexity index is 693. The molecule has 20 heavy (non-hydrogen) atoms. The highest BCUT2D eigenvalue weighted by Crippen LogP contribution is 2.32. The van der Waals surface area contributed by atoms with E-state index >= 15 is 0 Å². The maximum atomic E-state index is 6.29. The number of thiazole rings is 1. The van der Waals surface area contributed by atoms with Crippen LogP contribution in [0.15, 0.2) is 40.5 Å². The fraction of sp³-hybridized carbons (Fsp3) is 0.267. The molecule has 2 heterocycles. The van der Waals surface area contributed by atoms with Crippen LogP contribution in [0.4, 0.5) is 5.69 Å². The predicted molar refractivity (Wildman–Crippen MR) is 84.7 cm³/mol. The normalized spacial score (nSPS) is 12.7. The van der Waals surface area contributed by atoms with Crippen LogP contribution in [0.1, 0.15) is 19.1 Å². The Labute approximate surface area is 126 Å². The number of fused-ring (bicyclic) bond motifs is 1. The predicted octanol–water partition coefficient (Wildman–Crippen LogP) is 4.98. The Morgan fingerprint density at radius 1 is 1.40 bits per heavy atom. The molecule has 0 saturated heterocycles. The summed E-state index contributed by atoms with van der Waals surface area (Å²) in [6.45, 7) is 2.14. The van der Waals surface area contributed by atoms with Crippen LogP contribution in [0.3, 0.4) is 0 Å². The van der Waals surface area contributed by atoms with E-state index in [9.17, 15) is 0 Å². The topological polar surface area (TPSA) is 38.1 Å². The van der Waals surface area contributed by atoms with Crippen LogP contribution < -0.4 is 5.32 Å². The minimum Gasteiger partial charge on any atom is -0.469 e. The number of aromatic nitrogens is 1. The van der Waals surface area contributed by atoms with Crippen molar-refractivity contribution in [1.29, 1.82) is 0 Å². The number of anilines is 1. The Morgan fingerprint density at radius 2 is 2.30 bits per heavy atom. The van der Waals surface area contributed by atoms with Crippen molar-refractivity contribution >= 4 is 38.8 Å². The molecule has 0 radical (unpaired) electrons. The number of halogens is 1. The minimum atomic E-state index is 0.296. The second kappa shape index (κ2) is 5.85. The van der Waals surface area contributed by atoms with Gasteiger partial charge in [-0.25, -0.2) is 4.98 Å². The first-order valence-electron chi connectivity index (χ1n) is 6.54. The molecular weight excluding hydrogens is 292 g/mol. The molecule has 3 aromatic rings. The van der Waals surface area contributed by atoms with Gasteiger partial charge in [-0.1, -0.05) is 11.6 Å². The molecule has 1 unspecified atom stereocenters. The molecule has 0 fully saturated rings. The molecule has 0 bridgehead atoms. The summed E-state index contributed by atoms with van der Waals surface area (Å²) in [5.74, 6) is 1.01. The van der Waals surface area contributed by atoms with Gasteiger partial charge < -0.3 is 9.73 Å². The third-order valence-corrected chi connectivity index (χ3v) is 4.36. The average Bonchev–Trinajstić information content (AvgIpc) is 3.10. The summed E-state index contributed by atoms with van der Waals surface area (Å²) in [5.41, 5.74) is 3.73. The van der Waals surface area contributed by atoms with Crippen LogP contribution in [0.5, 0.6) is 0 Å². The van der Waals surface area contributed by atoms with Crippen molar-refractivity contribution in [3.63, 3.8) is 0 Å². The lowest BCUT2D eigenvalue weighted by molar-refractivity contribution is 0.495. The first kappa shape index (κ1) is 13.5. The van der Waals surface area contributed by atoms with Crippen LogP contribution in [0, 0.1) is 0 Å². The third kappa shape index (κ3) is 2.81. The molecule has 3 rings (SSSR count). The van der Waals surface area contributed by atoms with Gasteiger partial charge in [-0.05, 0) is 37.6 Å². The minimum absolute atomic E-state index is 0.296. The van der Waals surface area contributed by atoms with Gasteiger partial charge in [0, 0.05) is 12.5 Å². The van der Waals surface area contributed by atoms with E-state index in [1.165, 1.54) is 0 Å². The van der Waals surface area contributed by atoms with Crippen molar-refractivity contribution in [2.24, 2.45) is 0 Å². The molecular formula is C15H15ClN2OS. The lowest BCUT2D eigenvalue weighted by Crippen LogP contribution is -2.16. The van der Waals surface area contributed by atoms with Crippen LogP contribution in [0.2, 0.25) is 5.02 Å². The van der Waals surface area contributed by atoms with E-state index < -0.39 is 0 Å². The van der Waals surface area contributed by atoms with E-state index in [2.05, 4.69) is 17.2 Å². The van der Waals surface area contributed by atoms with E-state index in [0.717, 1.165) is 34.5 Å². The summed E-state index contributed by atoms with van der Waals surface area (Å²) < 4.78 is 6.50. The molecule has 0 aliphatic rings. The van der Waals surface area contributed by atoms with Gasteiger partial charge in [-0.15, -0.1) is 11.3 Å². The van der Waals surface area contributed by atoms with Crippen molar-refractivity contribution < 1.29 is 4.42 Å². The fourth-order valence-electron chi connectivity index (χ4n) is 2.18. The molecule has 0 aliphatic carbocycles. The second-order valence-electron chi connectivity index (χ2n) is 4.78. The zero-order valence-corrected chi connectivity index (χ0v) is 12.7. The van der Waals surface area contributed by atoms with E-state index in [1.807, 2.05) is 29.8 Å². The Kier molecular flexibility index (Phi) is 3.94. The highest BCUT2D eigenvalue weighted by Gasteiger charge is 2.12. The smallest absolute Gasteiger partial charge is 0.106 e. The van der Waals surface area contributed by atoms with Gasteiger partial charge in [0.05, 0.1) is 27.2 Å². The van der Waals surface area contributed by atoms with Crippen molar-refractivity contribution in [3.8, 4) is 0 Å². The molecule has 1 aromatic carbocycles. The number of benzene rings is 1. The summed E-state index contributed by atoms with van der Waals surface area (Å²) in [5, 5.41) is 4.19. The first-order chi connectivity index (χ1) is 9.74. The van der Waals surface area contributed by atoms with Crippen molar-refractivity contribution in [3.05, 3.63) is 46.8 Å². The molecule has 0 aliphatic heterocycles. The zero-order valence-electron chi connectivity index (χ0n) is 11.1. The maximum Gasteiger partial charge on any atom is 0.106 e. The maximum absolute atomic E-state index is 6.29. The van der Waals surface area contributed by atoms with Crippen molar-refractivity contribution in [2.75, 3.05) is 5.32 Å². The quantitative estimate of drug-likeness (QED) is 0.722. The molecule has 0 amide bonds. The van der Waals surface area contributed by atoms with Crippen molar-refractivity contribution in [2.45, 2.75) is 25.8 Å². The Balaban J connectivity index is 1.72. The first-order valence-corrected chi connectivity index (χ1v) is 7.80. The number of nitrogens with one attached hydrogen (secondary N) is 1. The van der Waals surface area contributed by atoms with Crippen LogP contribution in [-0.4, -0.2) is 11.0 Å². The molecule has 0 saturated carbocycles. The molecule has 1 N–H and O–H groups in total. The van der Waals surface area contributed by atoms with Gasteiger partial charge in [0.25, 0.3) is 0 Å². The van der Waals surface area contributed by atoms with Gasteiger partial charge in [0.15, 0.2) is 0 Å². The van der Waals surface area contributed by atoms with Gasteiger partial charge in [-0.2, -0.15) is 0 Å². The number of nitrogens with zero attached hydrogens (tertiary/aromatic N) is 1. The largest absolute Gasteiger partial charge is 0.469 e. The monoisotopic (exact) mass is 306 g/mol. The van der Waals surface area contributed by atoms with Crippen molar-refractivity contribution in [1.82, 2.24) is 4.98 Å². The molecule has 104 valence electrons. The Hall–Kier alpha value is -1.52. The summed E-state index contributed by atoms with van der Waals surface area (Å²) in [7, 11) is 0. The van der Waals surface area contributed by atoms with Gasteiger partial charge in [0.1, 0.15) is 11.3 Å². The average molecular weight is 307 g/mol. The molecule has 2 aromatic heterocycles. The number of rotatable bonds is 5. The highest BCUT2D eigenvalue weighted by atomic mass is 35.5. The SMILES string of the molecule is CC(CCc1ccco1)Nc1c(Cl)ccc2scnc12. The Morgan fingerprint density at radius 3 is 3.10 bits per heavy atom. The standard InChI is InChI=1S/C15H15ClN2OS/c1-10(4-5-11-3-2-8-19-11)18-14-12(16)6-7-13-15(14)17-9-20-13/h2-3,6-10,18H,4-5H2,1H3. The molecule has 1 atom stereocenters. The third-order valence-electron chi connectivity index (χ3n) is 3.25. The number of furan rings is 1. The van der Waals surface area contributed by atoms with Gasteiger partial charge in [0.2, 0.25) is 0 Å². The number of hydrogen-bond acceptors (Lipinski definition) is 4.